The number of ether oxygens (including phenoxy) is 1. The zero-order valence-corrected chi connectivity index (χ0v) is 10.8. The normalized spacial score (nSPS) is 23.0. The maximum atomic E-state index is 12.1. The summed E-state index contributed by atoms with van der Waals surface area (Å²) in [4.78, 5) is 12.1. The maximum Gasteiger partial charge on any atom is 0.138 e. The van der Waals surface area contributed by atoms with Gasteiger partial charge in [-0.1, -0.05) is 39.5 Å². The van der Waals surface area contributed by atoms with Crippen LogP contribution in [-0.2, 0) is 9.53 Å². The monoisotopic (exact) mass is 226 g/mol. The summed E-state index contributed by atoms with van der Waals surface area (Å²) in [7, 11) is 0. The molecule has 2 unspecified atom stereocenters. The fraction of sp³-hybridized carbons (Fsp3) is 0.929. The number of unbranched alkanes of at least 4 members (excludes halogenated alkanes) is 1. The fourth-order valence-electron chi connectivity index (χ4n) is 2.39. The molecule has 0 aliphatic carbocycles. The average molecular weight is 226 g/mol. The van der Waals surface area contributed by atoms with Crippen LogP contribution in [0.2, 0.25) is 0 Å². The van der Waals surface area contributed by atoms with Crippen LogP contribution in [0.4, 0.5) is 0 Å². The van der Waals surface area contributed by atoms with E-state index in [2.05, 4.69) is 13.8 Å². The van der Waals surface area contributed by atoms with Crippen LogP contribution in [0.25, 0.3) is 0 Å². The first-order valence-electron chi connectivity index (χ1n) is 6.88. The Bertz CT molecular complexity index is 195. The minimum Gasteiger partial charge on any atom is -0.381 e. The van der Waals surface area contributed by atoms with Crippen LogP contribution in [0, 0.1) is 11.8 Å². The highest BCUT2D eigenvalue weighted by molar-refractivity contribution is 5.81. The number of carbonyl (C=O) groups excluding carboxylic acids is 1. The van der Waals surface area contributed by atoms with Gasteiger partial charge in [-0.3, -0.25) is 4.79 Å². The molecule has 1 aliphatic rings. The van der Waals surface area contributed by atoms with Gasteiger partial charge in [0.15, 0.2) is 0 Å². The van der Waals surface area contributed by atoms with E-state index in [0.717, 1.165) is 32.3 Å². The molecule has 2 atom stereocenters. The van der Waals surface area contributed by atoms with Crippen LogP contribution in [0.15, 0.2) is 0 Å². The van der Waals surface area contributed by atoms with E-state index in [1.165, 1.54) is 19.3 Å². The third kappa shape index (κ3) is 4.65. The minimum absolute atomic E-state index is 0.199. The molecule has 16 heavy (non-hydrogen) atoms. The van der Waals surface area contributed by atoms with Gasteiger partial charge >= 0.3 is 0 Å². The first-order valence-corrected chi connectivity index (χ1v) is 6.88. The van der Waals surface area contributed by atoms with Gasteiger partial charge in [0, 0.05) is 18.9 Å². The van der Waals surface area contributed by atoms with Crippen LogP contribution in [-0.4, -0.2) is 19.0 Å². The second-order valence-electron chi connectivity index (χ2n) is 5.00. The maximum absolute atomic E-state index is 12.1. The topological polar surface area (TPSA) is 26.3 Å². The second kappa shape index (κ2) is 7.83. The molecule has 1 aliphatic heterocycles. The Morgan fingerprint density at radius 2 is 2.25 bits per heavy atom. The molecule has 0 amide bonds. The van der Waals surface area contributed by atoms with Crippen molar-refractivity contribution < 1.29 is 9.53 Å². The minimum atomic E-state index is 0.199. The lowest BCUT2D eigenvalue weighted by atomic mass is 9.87. The Balaban J connectivity index is 2.29. The number of rotatable bonds is 7. The zero-order chi connectivity index (χ0) is 11.8. The van der Waals surface area contributed by atoms with Gasteiger partial charge < -0.3 is 4.74 Å². The van der Waals surface area contributed by atoms with Crippen molar-refractivity contribution in [3.8, 4) is 0 Å². The summed E-state index contributed by atoms with van der Waals surface area (Å²) in [5.74, 6) is 1.25. The third-order valence-corrected chi connectivity index (χ3v) is 3.65. The third-order valence-electron chi connectivity index (χ3n) is 3.65. The molecular formula is C14H26O2. The largest absolute Gasteiger partial charge is 0.381 e. The first kappa shape index (κ1) is 13.7. The van der Waals surface area contributed by atoms with Gasteiger partial charge in [0.2, 0.25) is 0 Å². The molecule has 1 heterocycles. The van der Waals surface area contributed by atoms with Gasteiger partial charge in [-0.15, -0.1) is 0 Å². The summed E-state index contributed by atoms with van der Waals surface area (Å²) in [6.45, 7) is 5.92. The molecule has 1 fully saturated rings. The van der Waals surface area contributed by atoms with Crippen molar-refractivity contribution in [2.45, 2.75) is 58.8 Å². The molecule has 0 bridgehead atoms. The van der Waals surface area contributed by atoms with E-state index in [1.807, 2.05) is 0 Å². The van der Waals surface area contributed by atoms with E-state index >= 15 is 0 Å². The Morgan fingerprint density at radius 3 is 2.81 bits per heavy atom. The molecule has 2 heteroatoms. The quantitative estimate of drug-likeness (QED) is 0.663. The summed E-state index contributed by atoms with van der Waals surface area (Å²) in [6, 6.07) is 0. The van der Waals surface area contributed by atoms with Crippen molar-refractivity contribution in [3.05, 3.63) is 0 Å². The Labute approximate surface area is 99.8 Å². The van der Waals surface area contributed by atoms with E-state index in [9.17, 15) is 4.79 Å². The molecule has 0 aromatic heterocycles. The number of hydrogen-bond acceptors (Lipinski definition) is 2. The highest BCUT2D eigenvalue weighted by Crippen LogP contribution is 2.22. The fourth-order valence-corrected chi connectivity index (χ4v) is 2.39. The lowest BCUT2D eigenvalue weighted by Gasteiger charge is -2.23. The predicted octanol–water partition coefficient (Wildman–Crippen LogP) is 3.59. The summed E-state index contributed by atoms with van der Waals surface area (Å²) >= 11 is 0. The SMILES string of the molecule is CCCCC(CC)CC(=O)C1CCCOC1. The van der Waals surface area contributed by atoms with Gasteiger partial charge in [-0.25, -0.2) is 0 Å². The van der Waals surface area contributed by atoms with Gasteiger partial charge in [0.1, 0.15) is 5.78 Å². The molecule has 0 aromatic rings. The summed E-state index contributed by atoms with van der Waals surface area (Å²) in [5.41, 5.74) is 0. The Morgan fingerprint density at radius 1 is 1.44 bits per heavy atom. The van der Waals surface area contributed by atoms with E-state index in [4.69, 9.17) is 4.74 Å². The van der Waals surface area contributed by atoms with E-state index in [1.54, 1.807) is 0 Å². The van der Waals surface area contributed by atoms with E-state index in [0.29, 0.717) is 18.3 Å². The predicted molar refractivity (Wildman–Crippen MR) is 66.5 cm³/mol. The highest BCUT2D eigenvalue weighted by Gasteiger charge is 2.23. The first-order chi connectivity index (χ1) is 7.77. The van der Waals surface area contributed by atoms with Gasteiger partial charge in [-0.2, -0.15) is 0 Å². The van der Waals surface area contributed by atoms with Crippen molar-refractivity contribution >= 4 is 5.78 Å². The molecule has 1 rings (SSSR count). The van der Waals surface area contributed by atoms with Crippen molar-refractivity contribution in [3.63, 3.8) is 0 Å². The highest BCUT2D eigenvalue weighted by atomic mass is 16.5. The zero-order valence-electron chi connectivity index (χ0n) is 10.8. The molecule has 94 valence electrons. The summed E-state index contributed by atoms with van der Waals surface area (Å²) in [6.07, 6.45) is 7.73. The van der Waals surface area contributed by atoms with Crippen LogP contribution in [0.1, 0.15) is 58.8 Å². The van der Waals surface area contributed by atoms with Crippen molar-refractivity contribution in [1.82, 2.24) is 0 Å². The van der Waals surface area contributed by atoms with Crippen molar-refractivity contribution in [2.24, 2.45) is 11.8 Å². The van der Waals surface area contributed by atoms with Gasteiger partial charge in [-0.05, 0) is 18.8 Å². The lowest BCUT2D eigenvalue weighted by molar-refractivity contribution is -0.127. The smallest absolute Gasteiger partial charge is 0.138 e. The van der Waals surface area contributed by atoms with E-state index < -0.39 is 0 Å². The standard InChI is InChI=1S/C14H26O2/c1-3-5-7-12(4-2)10-14(15)13-8-6-9-16-11-13/h12-13H,3-11H2,1-2H3. The number of ketones is 1. The van der Waals surface area contributed by atoms with Crippen molar-refractivity contribution in [1.29, 1.82) is 0 Å². The molecule has 0 radical (unpaired) electrons. The van der Waals surface area contributed by atoms with E-state index in [-0.39, 0.29) is 5.92 Å². The van der Waals surface area contributed by atoms with Crippen LogP contribution in [0.3, 0.4) is 0 Å². The van der Waals surface area contributed by atoms with Crippen molar-refractivity contribution in [2.75, 3.05) is 13.2 Å². The van der Waals surface area contributed by atoms with Gasteiger partial charge in [0.25, 0.3) is 0 Å². The molecule has 2 nitrogen and oxygen atoms in total. The Kier molecular flexibility index (Phi) is 6.70. The number of hydrogen-bond donors (Lipinski definition) is 0. The summed E-state index contributed by atoms with van der Waals surface area (Å²) < 4.78 is 5.38. The number of carbonyl (C=O) groups is 1. The van der Waals surface area contributed by atoms with Crippen LogP contribution < -0.4 is 0 Å². The lowest BCUT2D eigenvalue weighted by Crippen LogP contribution is -2.26. The molecule has 0 aromatic carbocycles. The summed E-state index contributed by atoms with van der Waals surface area (Å²) in [5, 5.41) is 0. The second-order valence-corrected chi connectivity index (χ2v) is 5.00. The Hall–Kier alpha value is -0.370. The number of Topliss-reactive ketones (excluding diaryl/α,β-unsaturated/α-hetero) is 1. The molecule has 0 spiro atoms. The molecule has 0 N–H and O–H groups in total. The molecule has 1 saturated heterocycles. The van der Waals surface area contributed by atoms with Crippen LogP contribution >= 0.6 is 0 Å². The van der Waals surface area contributed by atoms with Gasteiger partial charge in [0.05, 0.1) is 6.61 Å². The molecular weight excluding hydrogens is 200 g/mol. The van der Waals surface area contributed by atoms with Crippen LogP contribution in [0.5, 0.6) is 0 Å². The molecule has 0 saturated carbocycles. The average Bonchev–Trinajstić information content (AvgIpc) is 2.35.